The number of amides is 1. The van der Waals surface area contributed by atoms with Crippen LogP contribution in [0.3, 0.4) is 0 Å². The number of rotatable bonds is 5. The van der Waals surface area contributed by atoms with E-state index in [1.165, 1.54) is 0 Å². The lowest BCUT2D eigenvalue weighted by Gasteiger charge is -2.36. The number of hydrogen-bond acceptors (Lipinski definition) is 6. The Morgan fingerprint density at radius 2 is 2.06 bits per heavy atom. The summed E-state index contributed by atoms with van der Waals surface area (Å²) in [5.41, 5.74) is 1.64. The Bertz CT molecular complexity index is 1140. The second kappa shape index (κ2) is 7.57. The van der Waals surface area contributed by atoms with Gasteiger partial charge in [0.2, 0.25) is 11.7 Å². The van der Waals surface area contributed by atoms with Gasteiger partial charge >= 0.3 is 0 Å². The van der Waals surface area contributed by atoms with Crippen molar-refractivity contribution in [2.75, 3.05) is 19.7 Å². The molecule has 1 fully saturated rings. The summed E-state index contributed by atoms with van der Waals surface area (Å²) in [6.45, 7) is 5.09. The van der Waals surface area contributed by atoms with Gasteiger partial charge in [0.25, 0.3) is 5.91 Å². The number of halogens is 1. The summed E-state index contributed by atoms with van der Waals surface area (Å²) in [5, 5.41) is 4.65. The molecule has 5 rings (SSSR count). The maximum absolute atomic E-state index is 12.5. The number of likely N-dealkylation sites (tertiary alicyclic amines) is 1. The van der Waals surface area contributed by atoms with Crippen LogP contribution in [0.2, 0.25) is 5.02 Å². The minimum Gasteiger partial charge on any atom is -0.483 e. The third-order valence-electron chi connectivity index (χ3n) is 5.51. The number of fused-ring (bicyclic) bond motifs is 1. The number of hydrogen-bond donors (Lipinski definition) is 0. The van der Waals surface area contributed by atoms with E-state index in [2.05, 4.69) is 10.1 Å². The Morgan fingerprint density at radius 3 is 2.87 bits per heavy atom. The van der Waals surface area contributed by atoms with Crippen molar-refractivity contribution >= 4 is 17.5 Å². The molecule has 0 spiro atoms. The Hall–Kier alpha value is -3.06. The summed E-state index contributed by atoms with van der Waals surface area (Å²) in [6.07, 6.45) is 0.822. The minimum atomic E-state index is -0.259. The van der Waals surface area contributed by atoms with E-state index in [4.69, 9.17) is 25.6 Å². The van der Waals surface area contributed by atoms with Crippen LogP contribution in [0, 0.1) is 0 Å². The SMILES string of the molecule is CC1(C)Cc2cccc(OCC(=O)N3CC(c4nc(-c5cccc(Cl)c5)no4)C3)c2O1. The number of carbonyl (C=O) groups is 1. The van der Waals surface area contributed by atoms with E-state index in [9.17, 15) is 4.79 Å². The molecule has 0 atom stereocenters. The fourth-order valence-electron chi connectivity index (χ4n) is 3.92. The molecule has 31 heavy (non-hydrogen) atoms. The molecule has 2 aromatic carbocycles. The van der Waals surface area contributed by atoms with Gasteiger partial charge in [-0.25, -0.2) is 0 Å². The molecule has 0 N–H and O–H groups in total. The van der Waals surface area contributed by atoms with Crippen molar-refractivity contribution in [2.45, 2.75) is 31.8 Å². The molecule has 7 nitrogen and oxygen atoms in total. The van der Waals surface area contributed by atoms with Crippen LogP contribution in [0.5, 0.6) is 11.5 Å². The quantitative estimate of drug-likeness (QED) is 0.595. The van der Waals surface area contributed by atoms with E-state index in [-0.39, 0.29) is 24.0 Å². The van der Waals surface area contributed by atoms with Crippen molar-refractivity contribution in [1.29, 1.82) is 0 Å². The van der Waals surface area contributed by atoms with Gasteiger partial charge in [-0.3, -0.25) is 4.79 Å². The molecule has 8 heteroatoms. The highest BCUT2D eigenvalue weighted by Crippen LogP contribution is 2.41. The summed E-state index contributed by atoms with van der Waals surface area (Å²) >= 11 is 6.03. The summed E-state index contributed by atoms with van der Waals surface area (Å²) in [7, 11) is 0. The number of ether oxygens (including phenoxy) is 2. The van der Waals surface area contributed by atoms with Gasteiger partial charge in [-0.1, -0.05) is 41.0 Å². The largest absolute Gasteiger partial charge is 0.483 e. The van der Waals surface area contributed by atoms with Crippen LogP contribution in [0.4, 0.5) is 0 Å². The second-order valence-electron chi connectivity index (χ2n) is 8.53. The van der Waals surface area contributed by atoms with Gasteiger partial charge < -0.3 is 18.9 Å². The van der Waals surface area contributed by atoms with E-state index < -0.39 is 0 Å². The first-order valence-corrected chi connectivity index (χ1v) is 10.6. The van der Waals surface area contributed by atoms with Gasteiger partial charge in [0.05, 0.1) is 5.92 Å². The summed E-state index contributed by atoms with van der Waals surface area (Å²) in [6, 6.07) is 13.1. The summed E-state index contributed by atoms with van der Waals surface area (Å²) in [4.78, 5) is 18.7. The van der Waals surface area contributed by atoms with Crippen LogP contribution in [0.1, 0.15) is 31.2 Å². The molecular formula is C23H22ClN3O4. The molecular weight excluding hydrogens is 418 g/mol. The van der Waals surface area contributed by atoms with Crippen molar-refractivity contribution in [3.8, 4) is 22.9 Å². The molecule has 1 aromatic heterocycles. The van der Waals surface area contributed by atoms with Crippen LogP contribution in [0.15, 0.2) is 47.0 Å². The van der Waals surface area contributed by atoms with E-state index in [0.29, 0.717) is 35.6 Å². The third-order valence-corrected chi connectivity index (χ3v) is 5.75. The molecule has 2 aliphatic rings. The third kappa shape index (κ3) is 3.97. The number of para-hydroxylation sites is 1. The van der Waals surface area contributed by atoms with Gasteiger partial charge in [0, 0.05) is 35.7 Å². The van der Waals surface area contributed by atoms with E-state index in [1.54, 1.807) is 17.0 Å². The number of nitrogens with zero attached hydrogens (tertiary/aromatic N) is 3. The lowest BCUT2D eigenvalue weighted by Crippen LogP contribution is -2.50. The van der Waals surface area contributed by atoms with E-state index in [0.717, 1.165) is 23.3 Å². The van der Waals surface area contributed by atoms with Gasteiger partial charge in [-0.05, 0) is 32.0 Å². The van der Waals surface area contributed by atoms with Crippen LogP contribution >= 0.6 is 11.6 Å². The van der Waals surface area contributed by atoms with Gasteiger partial charge in [-0.2, -0.15) is 4.98 Å². The molecule has 0 bridgehead atoms. The van der Waals surface area contributed by atoms with Crippen molar-refractivity contribution in [3.05, 3.63) is 58.9 Å². The predicted molar refractivity (Wildman–Crippen MR) is 114 cm³/mol. The van der Waals surface area contributed by atoms with E-state index >= 15 is 0 Å². The van der Waals surface area contributed by atoms with Crippen LogP contribution in [-0.2, 0) is 11.2 Å². The molecule has 3 heterocycles. The molecule has 0 aliphatic carbocycles. The zero-order valence-electron chi connectivity index (χ0n) is 17.3. The topological polar surface area (TPSA) is 77.7 Å². The molecule has 160 valence electrons. The van der Waals surface area contributed by atoms with Crippen molar-refractivity contribution in [3.63, 3.8) is 0 Å². The maximum atomic E-state index is 12.5. The highest BCUT2D eigenvalue weighted by atomic mass is 35.5. The Morgan fingerprint density at radius 1 is 1.26 bits per heavy atom. The fraction of sp³-hybridized carbons (Fsp3) is 0.348. The van der Waals surface area contributed by atoms with Gasteiger partial charge in [0.15, 0.2) is 18.1 Å². The Kier molecular flexibility index (Phi) is 4.85. The van der Waals surface area contributed by atoms with Crippen LogP contribution in [0.25, 0.3) is 11.4 Å². The highest BCUT2D eigenvalue weighted by Gasteiger charge is 2.36. The number of aromatic nitrogens is 2. The summed E-state index contributed by atoms with van der Waals surface area (Å²) < 4.78 is 17.2. The smallest absolute Gasteiger partial charge is 0.260 e. The van der Waals surface area contributed by atoms with Crippen molar-refractivity contribution < 1.29 is 18.8 Å². The second-order valence-corrected chi connectivity index (χ2v) is 8.97. The Labute approximate surface area is 184 Å². The molecule has 1 saturated heterocycles. The van der Waals surface area contributed by atoms with Gasteiger partial charge in [0.1, 0.15) is 5.60 Å². The number of carbonyl (C=O) groups excluding carboxylic acids is 1. The van der Waals surface area contributed by atoms with Crippen LogP contribution < -0.4 is 9.47 Å². The predicted octanol–water partition coefficient (Wildman–Crippen LogP) is 4.11. The molecule has 1 amide bonds. The lowest BCUT2D eigenvalue weighted by atomic mass is 10.00. The average molecular weight is 440 g/mol. The molecule has 0 radical (unpaired) electrons. The van der Waals surface area contributed by atoms with Gasteiger partial charge in [-0.15, -0.1) is 0 Å². The lowest BCUT2D eigenvalue weighted by molar-refractivity contribution is -0.138. The molecule has 0 unspecified atom stereocenters. The normalized spacial score (nSPS) is 17.1. The first-order valence-electron chi connectivity index (χ1n) is 10.2. The molecule has 0 saturated carbocycles. The van der Waals surface area contributed by atoms with E-state index in [1.807, 2.05) is 44.2 Å². The zero-order chi connectivity index (χ0) is 21.6. The maximum Gasteiger partial charge on any atom is 0.260 e. The minimum absolute atomic E-state index is 0.0227. The fourth-order valence-corrected chi connectivity index (χ4v) is 4.11. The first kappa shape index (κ1) is 19.9. The number of benzene rings is 2. The van der Waals surface area contributed by atoms with Crippen LogP contribution in [-0.4, -0.2) is 46.2 Å². The average Bonchev–Trinajstić information content (AvgIpc) is 3.28. The van der Waals surface area contributed by atoms with Crippen molar-refractivity contribution in [2.24, 2.45) is 0 Å². The monoisotopic (exact) mass is 439 g/mol. The molecule has 3 aromatic rings. The Balaban J connectivity index is 1.16. The van der Waals surface area contributed by atoms with Crippen molar-refractivity contribution in [1.82, 2.24) is 15.0 Å². The highest BCUT2D eigenvalue weighted by molar-refractivity contribution is 6.30. The summed E-state index contributed by atoms with van der Waals surface area (Å²) in [5.74, 6) is 2.30. The zero-order valence-corrected chi connectivity index (χ0v) is 18.1. The first-order chi connectivity index (χ1) is 14.9. The standard InChI is InChI=1S/C23H22ClN3O4/c1-23(2)10-15-6-4-8-18(20(15)30-23)29-13-19(28)27-11-16(12-27)22-25-21(26-31-22)14-5-3-7-17(24)9-14/h3-9,16H,10-13H2,1-2H3. The molecule has 2 aliphatic heterocycles.